The molecule has 0 spiro atoms. The molecular formula is C46H32N14O23S6. The van der Waals surface area contributed by atoms with Gasteiger partial charge in [-0.3, -0.25) is 22.8 Å². The molecular weight excluding hydrogens is 1310 g/mol. The summed E-state index contributed by atoms with van der Waals surface area (Å²) in [5, 5.41) is 65.0. The van der Waals surface area contributed by atoms with Crippen LogP contribution in [0.15, 0.2) is 159 Å². The standard InChI is InChI=1S/C46H32N14O23S6/c61-39(62)31-18-34(50-44-52-42(54-46(66)56-44)48-20-3-7-22(8-4-20)58-60-24-10-28-30(36(12-24)87(75,76)77)15-26(85(69,70)71)16-38(28)89(81,82)83)32(40(63)64)17-33(31)49-43-51-41(53-45(65)55-43)47-19-1-5-21(6-2-19)57-59-23-9-27-29(35(11-23)86(72,73)74)13-25(84(67)68)14-37(27)88(78,79)80/h1-18H,(H,61,62)(H,63,64)(H,67,68)(H,69,70,71)(H,72,73,74)(H,75,76,77)(H,78,79,80)(H,81,82,83)(H3,47,49,51,53,55,65)(H3,48,50,52,54,56,66). The van der Waals surface area contributed by atoms with Gasteiger partial charge in [-0.1, -0.05) is 0 Å². The number of fused-ring (bicyclic) bond motifs is 2. The van der Waals surface area contributed by atoms with E-state index in [0.29, 0.717) is 24.3 Å². The Morgan fingerprint density at radius 2 is 0.719 bits per heavy atom. The first-order valence-corrected chi connectivity index (χ1v) is 31.7. The molecule has 14 N–H and O–H groups in total. The molecule has 0 aliphatic heterocycles. The molecule has 0 aliphatic rings. The third kappa shape index (κ3) is 14.7. The Bertz CT molecular complexity index is 5190. The summed E-state index contributed by atoms with van der Waals surface area (Å²) in [5.74, 6) is -5.13. The number of carbonyl (C=O) groups is 2. The smallest absolute Gasteiger partial charge is 0.337 e. The molecule has 37 nitrogen and oxygen atoms in total. The number of hydrogen-bond donors (Lipinski definition) is 14. The minimum absolute atomic E-state index is 0.0326. The highest BCUT2D eigenvalue weighted by atomic mass is 32.2. The van der Waals surface area contributed by atoms with Crippen molar-refractivity contribution in [3.63, 3.8) is 0 Å². The van der Waals surface area contributed by atoms with Crippen molar-refractivity contribution >= 4 is 164 Å². The molecule has 9 aromatic rings. The summed E-state index contributed by atoms with van der Waals surface area (Å²) in [6, 6.07) is 16.2. The Morgan fingerprint density at radius 3 is 1.07 bits per heavy atom. The lowest BCUT2D eigenvalue weighted by Gasteiger charge is -2.15. The maximum Gasteiger partial charge on any atom is 0.337 e. The van der Waals surface area contributed by atoms with Crippen LogP contribution in [0.1, 0.15) is 20.7 Å². The molecule has 9 rings (SSSR count). The van der Waals surface area contributed by atoms with E-state index < -0.39 is 177 Å². The van der Waals surface area contributed by atoms with E-state index in [1.165, 1.54) is 48.5 Å². The average Bonchev–Trinajstić information content (AvgIpc) is 0.773. The topological polar surface area (TPSA) is 599 Å². The fraction of sp³-hybridized carbons (Fsp3) is 0. The summed E-state index contributed by atoms with van der Waals surface area (Å²) in [6.07, 6.45) is 0. The van der Waals surface area contributed by atoms with Crippen LogP contribution < -0.4 is 21.3 Å². The second kappa shape index (κ2) is 23.7. The van der Waals surface area contributed by atoms with Crippen molar-refractivity contribution in [3.05, 3.63) is 120 Å². The van der Waals surface area contributed by atoms with Crippen LogP contribution in [0.25, 0.3) is 21.5 Å². The number of rotatable bonds is 20. The second-order valence-electron chi connectivity index (χ2n) is 17.7. The van der Waals surface area contributed by atoms with Gasteiger partial charge in [0.05, 0.1) is 55.0 Å². The first-order chi connectivity index (χ1) is 41.5. The highest BCUT2D eigenvalue weighted by Gasteiger charge is 2.28. The molecule has 0 bridgehead atoms. The van der Waals surface area contributed by atoms with Crippen molar-refractivity contribution in [2.75, 3.05) is 21.3 Å². The van der Waals surface area contributed by atoms with Crippen molar-refractivity contribution in [1.29, 1.82) is 0 Å². The number of aromatic hydroxyl groups is 2. The number of aromatic carboxylic acids is 2. The summed E-state index contributed by atoms with van der Waals surface area (Å²) >= 11 is -2.86. The predicted octanol–water partition coefficient (Wildman–Crippen LogP) is 6.79. The van der Waals surface area contributed by atoms with Crippen LogP contribution in [0, 0.1) is 0 Å². The minimum Gasteiger partial charge on any atom is -0.479 e. The lowest BCUT2D eigenvalue weighted by molar-refractivity contribution is 0.0683. The fourth-order valence-electron chi connectivity index (χ4n) is 8.00. The molecule has 7 aromatic carbocycles. The number of carboxylic acids is 2. The fourth-order valence-corrected chi connectivity index (χ4v) is 12.0. The third-order valence-electron chi connectivity index (χ3n) is 11.7. The van der Waals surface area contributed by atoms with Gasteiger partial charge in [0.2, 0.25) is 23.8 Å². The molecule has 2 heterocycles. The number of aromatic nitrogens is 6. The van der Waals surface area contributed by atoms with Gasteiger partial charge in [0.15, 0.2) is 11.1 Å². The van der Waals surface area contributed by atoms with Gasteiger partial charge in [0.1, 0.15) is 19.6 Å². The van der Waals surface area contributed by atoms with Crippen LogP contribution in [0.5, 0.6) is 12.0 Å². The normalized spacial score (nSPS) is 12.8. The molecule has 1 unspecified atom stereocenters. The molecule has 43 heteroatoms. The average molecular weight is 1340 g/mol. The van der Waals surface area contributed by atoms with Crippen LogP contribution in [0.4, 0.5) is 69.3 Å². The molecule has 0 saturated heterocycles. The highest BCUT2D eigenvalue weighted by molar-refractivity contribution is 7.87. The Kier molecular flexibility index (Phi) is 16.9. The van der Waals surface area contributed by atoms with Crippen molar-refractivity contribution in [2.45, 2.75) is 29.4 Å². The van der Waals surface area contributed by atoms with E-state index in [1.807, 2.05) is 0 Å². The maximum atomic E-state index is 12.6. The van der Waals surface area contributed by atoms with Gasteiger partial charge in [-0.2, -0.15) is 92.4 Å². The largest absolute Gasteiger partial charge is 0.479 e. The number of hydrogen-bond acceptors (Lipinski definition) is 29. The summed E-state index contributed by atoms with van der Waals surface area (Å²) in [4.78, 5) is 42.5. The predicted molar refractivity (Wildman–Crippen MR) is 304 cm³/mol. The lowest BCUT2D eigenvalue weighted by Crippen LogP contribution is -2.12. The summed E-state index contributed by atoms with van der Waals surface area (Å²) in [6.45, 7) is 0. The Labute approximate surface area is 498 Å². The van der Waals surface area contributed by atoms with Gasteiger partial charge in [-0.25, -0.2) is 13.8 Å². The molecule has 1 atom stereocenters. The Hall–Kier alpha value is -10.3. The lowest BCUT2D eigenvalue weighted by atomic mass is 10.1. The van der Waals surface area contributed by atoms with E-state index in [9.17, 15) is 104 Å². The zero-order valence-corrected chi connectivity index (χ0v) is 48.0. The minimum atomic E-state index is -5.31. The first-order valence-electron chi connectivity index (χ1n) is 23.4. The van der Waals surface area contributed by atoms with Crippen LogP contribution in [0.2, 0.25) is 0 Å². The monoisotopic (exact) mass is 1340 g/mol. The van der Waals surface area contributed by atoms with E-state index in [2.05, 4.69) is 71.6 Å². The number of nitrogens with zero attached hydrogens (tertiary/aromatic N) is 10. The number of nitrogens with one attached hydrogen (secondary N) is 4. The first kappa shape index (κ1) is 63.2. The third-order valence-corrected chi connectivity index (χ3v) is 16.7. The zero-order valence-electron chi connectivity index (χ0n) is 43.1. The van der Waals surface area contributed by atoms with E-state index in [1.54, 1.807) is 0 Å². The highest BCUT2D eigenvalue weighted by Crippen LogP contribution is 2.39. The maximum absolute atomic E-state index is 12.6. The van der Waals surface area contributed by atoms with Gasteiger partial charge >= 0.3 is 24.0 Å². The van der Waals surface area contributed by atoms with E-state index in [-0.39, 0.29) is 40.3 Å². The van der Waals surface area contributed by atoms with Crippen LogP contribution in [0.3, 0.4) is 0 Å². The van der Waals surface area contributed by atoms with Gasteiger partial charge < -0.3 is 46.2 Å². The Balaban J connectivity index is 0.909. The second-order valence-corrected chi connectivity index (χ2v) is 25.6. The summed E-state index contributed by atoms with van der Waals surface area (Å²) in [5.41, 5.74) is -2.50. The molecule has 460 valence electrons. The number of benzene rings is 7. The SMILES string of the molecule is O=C(O)c1cc(Nc2nc(O)nc(Nc3ccc(N=Nc4cc(S(=O)(=O)O)c5cc(S(=O)(=O)O)cc(S(=O)(=O)O)c5c4)cc3)n2)c(C(=O)O)cc1Nc1nc(O)nc(Nc2ccc(N=Nc3cc(S(=O)(=O)O)c4cc(S(=O)O)cc(S(=O)(=O)O)c4c3)cc2)n1. The van der Waals surface area contributed by atoms with E-state index in [0.717, 1.165) is 36.4 Å². The van der Waals surface area contributed by atoms with Crippen LogP contribution >= 0.6 is 0 Å². The van der Waals surface area contributed by atoms with Gasteiger partial charge in [-0.05, 0) is 109 Å². The quantitative estimate of drug-likeness (QED) is 0.0212. The Morgan fingerprint density at radius 1 is 0.393 bits per heavy atom. The summed E-state index contributed by atoms with van der Waals surface area (Å²) in [7, 11) is -26.1. The van der Waals surface area contributed by atoms with Crippen molar-refractivity contribution < 1.29 is 104 Å². The molecule has 0 saturated carbocycles. The molecule has 0 fully saturated rings. The number of anilines is 8. The van der Waals surface area contributed by atoms with Crippen LogP contribution in [-0.2, 0) is 61.7 Å². The molecule has 2 aromatic heterocycles. The van der Waals surface area contributed by atoms with Gasteiger partial charge in [-0.15, -0.1) is 0 Å². The van der Waals surface area contributed by atoms with E-state index in [4.69, 9.17) is 0 Å². The molecule has 0 aliphatic carbocycles. The zero-order chi connectivity index (χ0) is 64.9. The van der Waals surface area contributed by atoms with E-state index >= 15 is 0 Å². The molecule has 0 radical (unpaired) electrons. The van der Waals surface area contributed by atoms with Gasteiger partial charge in [0.25, 0.3) is 50.6 Å². The van der Waals surface area contributed by atoms with Crippen molar-refractivity contribution in [3.8, 4) is 12.0 Å². The van der Waals surface area contributed by atoms with Gasteiger partial charge in [0, 0.05) is 32.9 Å². The number of azo groups is 2. The van der Waals surface area contributed by atoms with Crippen molar-refractivity contribution in [2.24, 2.45) is 20.5 Å². The summed E-state index contributed by atoms with van der Waals surface area (Å²) < 4.78 is 192. The van der Waals surface area contributed by atoms with Crippen molar-refractivity contribution in [1.82, 2.24) is 29.9 Å². The molecule has 0 amide bonds. The number of carboxylic acid groups (broad SMARTS) is 2. The van der Waals surface area contributed by atoms with Crippen LogP contribution in [-0.4, -0.2) is 136 Å². The molecule has 89 heavy (non-hydrogen) atoms.